The monoisotopic (exact) mass is 340 g/mol. The Morgan fingerprint density at radius 2 is 1.95 bits per heavy atom. The second-order valence-corrected chi connectivity index (χ2v) is 6.83. The first-order valence-corrected chi connectivity index (χ1v) is 8.17. The standard InChI is InChI=1S/C16H25BrN2O/c1-11(2)18-8-14-5-6-15(7-16(14)17)19-9-12(3)20-13(4)10-19/h5-7,11-13,18H,8-10H2,1-4H3/t12-,13+. The zero-order valence-corrected chi connectivity index (χ0v) is 14.4. The molecule has 0 saturated carbocycles. The molecule has 3 nitrogen and oxygen atoms in total. The van der Waals surface area contributed by atoms with Crippen LogP contribution >= 0.6 is 15.9 Å². The van der Waals surface area contributed by atoms with Gasteiger partial charge in [0.2, 0.25) is 0 Å². The molecule has 0 radical (unpaired) electrons. The number of morpholine rings is 1. The molecule has 1 aliphatic rings. The minimum Gasteiger partial charge on any atom is -0.372 e. The zero-order chi connectivity index (χ0) is 14.7. The highest BCUT2D eigenvalue weighted by Gasteiger charge is 2.22. The van der Waals surface area contributed by atoms with Crippen molar-refractivity contribution in [2.24, 2.45) is 0 Å². The summed E-state index contributed by atoms with van der Waals surface area (Å²) in [6.45, 7) is 11.4. The third-order valence-corrected chi connectivity index (χ3v) is 4.26. The second-order valence-electron chi connectivity index (χ2n) is 5.97. The number of anilines is 1. The van der Waals surface area contributed by atoms with E-state index in [4.69, 9.17) is 4.74 Å². The number of ether oxygens (including phenoxy) is 1. The van der Waals surface area contributed by atoms with Gasteiger partial charge < -0.3 is 15.0 Å². The van der Waals surface area contributed by atoms with Crippen LogP contribution in [0.25, 0.3) is 0 Å². The predicted molar refractivity (Wildman–Crippen MR) is 88.3 cm³/mol. The zero-order valence-electron chi connectivity index (χ0n) is 12.8. The lowest BCUT2D eigenvalue weighted by atomic mass is 10.1. The van der Waals surface area contributed by atoms with Crippen molar-refractivity contribution < 1.29 is 4.74 Å². The number of rotatable bonds is 4. The maximum atomic E-state index is 5.79. The van der Waals surface area contributed by atoms with Gasteiger partial charge in [0.05, 0.1) is 12.2 Å². The van der Waals surface area contributed by atoms with E-state index in [0.29, 0.717) is 18.2 Å². The molecule has 2 rings (SSSR count). The summed E-state index contributed by atoms with van der Waals surface area (Å²) in [5.74, 6) is 0. The third kappa shape index (κ3) is 4.21. The van der Waals surface area contributed by atoms with Gasteiger partial charge >= 0.3 is 0 Å². The first-order chi connectivity index (χ1) is 9.45. The number of nitrogens with one attached hydrogen (secondary N) is 1. The van der Waals surface area contributed by atoms with Crippen LogP contribution in [-0.2, 0) is 11.3 Å². The maximum absolute atomic E-state index is 5.79. The predicted octanol–water partition coefficient (Wildman–Crippen LogP) is 3.56. The molecular weight excluding hydrogens is 316 g/mol. The van der Waals surface area contributed by atoms with Crippen molar-refractivity contribution in [1.82, 2.24) is 5.32 Å². The van der Waals surface area contributed by atoms with Crippen LogP contribution in [0.1, 0.15) is 33.3 Å². The van der Waals surface area contributed by atoms with Crippen LogP contribution in [0.4, 0.5) is 5.69 Å². The Morgan fingerprint density at radius 1 is 1.30 bits per heavy atom. The summed E-state index contributed by atoms with van der Waals surface area (Å²) in [4.78, 5) is 2.41. The van der Waals surface area contributed by atoms with Crippen LogP contribution in [0, 0.1) is 0 Å². The van der Waals surface area contributed by atoms with Crippen molar-refractivity contribution in [2.75, 3.05) is 18.0 Å². The molecule has 0 aromatic heterocycles. The molecule has 20 heavy (non-hydrogen) atoms. The van der Waals surface area contributed by atoms with Crippen LogP contribution in [0.15, 0.2) is 22.7 Å². The molecule has 1 fully saturated rings. The summed E-state index contributed by atoms with van der Waals surface area (Å²) >= 11 is 3.70. The van der Waals surface area contributed by atoms with Crippen molar-refractivity contribution in [2.45, 2.75) is 52.5 Å². The summed E-state index contributed by atoms with van der Waals surface area (Å²) in [6.07, 6.45) is 0.583. The van der Waals surface area contributed by atoms with E-state index in [0.717, 1.165) is 19.6 Å². The van der Waals surface area contributed by atoms with Crippen LogP contribution in [0.3, 0.4) is 0 Å². The molecule has 112 valence electrons. The Kier molecular flexibility index (Phi) is 5.47. The van der Waals surface area contributed by atoms with Gasteiger partial charge in [0, 0.05) is 35.8 Å². The molecule has 0 amide bonds. The van der Waals surface area contributed by atoms with Gasteiger partial charge in [0.15, 0.2) is 0 Å². The molecule has 1 saturated heterocycles. The molecule has 2 atom stereocenters. The minimum atomic E-state index is 0.291. The van der Waals surface area contributed by atoms with Crippen LogP contribution in [-0.4, -0.2) is 31.3 Å². The van der Waals surface area contributed by atoms with Crippen molar-refractivity contribution in [1.29, 1.82) is 0 Å². The fourth-order valence-electron chi connectivity index (χ4n) is 2.58. The summed E-state index contributed by atoms with van der Waals surface area (Å²) in [6, 6.07) is 7.15. The molecule has 1 N–H and O–H groups in total. The summed E-state index contributed by atoms with van der Waals surface area (Å²) in [7, 11) is 0. The topological polar surface area (TPSA) is 24.5 Å². The van der Waals surface area contributed by atoms with E-state index in [1.165, 1.54) is 15.7 Å². The SMILES string of the molecule is CC(C)NCc1ccc(N2C[C@@H](C)O[C@@H](C)C2)cc1Br. The van der Waals surface area contributed by atoms with Gasteiger partial charge in [-0.15, -0.1) is 0 Å². The van der Waals surface area contributed by atoms with Crippen molar-refractivity contribution in [3.8, 4) is 0 Å². The van der Waals surface area contributed by atoms with E-state index in [1.54, 1.807) is 0 Å². The number of benzene rings is 1. The highest BCUT2D eigenvalue weighted by atomic mass is 79.9. The number of nitrogens with zero attached hydrogens (tertiary/aromatic N) is 1. The molecule has 1 aliphatic heterocycles. The number of halogens is 1. The molecule has 0 unspecified atom stereocenters. The number of hydrogen-bond donors (Lipinski definition) is 1. The largest absolute Gasteiger partial charge is 0.372 e. The number of hydrogen-bond acceptors (Lipinski definition) is 3. The van der Waals surface area contributed by atoms with Gasteiger partial charge in [-0.05, 0) is 31.5 Å². The van der Waals surface area contributed by atoms with Crippen molar-refractivity contribution in [3.05, 3.63) is 28.2 Å². The van der Waals surface area contributed by atoms with Crippen LogP contribution in [0.5, 0.6) is 0 Å². The fourth-order valence-corrected chi connectivity index (χ4v) is 3.09. The molecule has 1 aromatic carbocycles. The van der Waals surface area contributed by atoms with E-state index in [1.807, 2.05) is 0 Å². The first-order valence-electron chi connectivity index (χ1n) is 7.38. The Balaban J connectivity index is 2.08. The highest BCUT2D eigenvalue weighted by Crippen LogP contribution is 2.26. The van der Waals surface area contributed by atoms with E-state index in [9.17, 15) is 0 Å². The van der Waals surface area contributed by atoms with Crippen molar-refractivity contribution >= 4 is 21.6 Å². The Hall–Kier alpha value is -0.580. The summed E-state index contributed by atoms with van der Waals surface area (Å²) in [5.41, 5.74) is 2.57. The lowest BCUT2D eigenvalue weighted by Gasteiger charge is -2.37. The van der Waals surface area contributed by atoms with Gasteiger partial charge in [-0.25, -0.2) is 0 Å². The summed E-state index contributed by atoms with van der Waals surface area (Å²) in [5, 5.41) is 3.45. The van der Waals surface area contributed by atoms with Crippen LogP contribution < -0.4 is 10.2 Å². The quantitative estimate of drug-likeness (QED) is 0.906. The van der Waals surface area contributed by atoms with E-state index in [-0.39, 0.29) is 0 Å². The second kappa shape index (κ2) is 6.92. The Bertz CT molecular complexity index is 440. The molecule has 1 heterocycles. The average molecular weight is 341 g/mol. The molecular formula is C16H25BrN2O. The Labute approximate surface area is 130 Å². The average Bonchev–Trinajstić information content (AvgIpc) is 2.35. The van der Waals surface area contributed by atoms with E-state index < -0.39 is 0 Å². The van der Waals surface area contributed by atoms with E-state index >= 15 is 0 Å². The Morgan fingerprint density at radius 3 is 2.50 bits per heavy atom. The third-order valence-electron chi connectivity index (χ3n) is 3.52. The lowest BCUT2D eigenvalue weighted by Crippen LogP contribution is -2.45. The highest BCUT2D eigenvalue weighted by molar-refractivity contribution is 9.10. The fraction of sp³-hybridized carbons (Fsp3) is 0.625. The van der Waals surface area contributed by atoms with Gasteiger partial charge in [-0.3, -0.25) is 0 Å². The first kappa shape index (κ1) is 15.8. The van der Waals surface area contributed by atoms with E-state index in [2.05, 4.69) is 72.0 Å². The van der Waals surface area contributed by atoms with Gasteiger partial charge in [0.1, 0.15) is 0 Å². The smallest absolute Gasteiger partial charge is 0.0726 e. The van der Waals surface area contributed by atoms with Gasteiger partial charge in [0.25, 0.3) is 0 Å². The van der Waals surface area contributed by atoms with Gasteiger partial charge in [-0.2, -0.15) is 0 Å². The minimum absolute atomic E-state index is 0.291. The molecule has 1 aromatic rings. The normalized spacial score (nSPS) is 23.4. The lowest BCUT2D eigenvalue weighted by molar-refractivity contribution is -0.00522. The molecule has 0 bridgehead atoms. The molecule has 0 aliphatic carbocycles. The van der Waals surface area contributed by atoms with Gasteiger partial charge in [-0.1, -0.05) is 35.8 Å². The van der Waals surface area contributed by atoms with Crippen molar-refractivity contribution in [3.63, 3.8) is 0 Å². The van der Waals surface area contributed by atoms with Crippen LogP contribution in [0.2, 0.25) is 0 Å². The summed E-state index contributed by atoms with van der Waals surface area (Å²) < 4.78 is 6.97. The molecule has 0 spiro atoms. The maximum Gasteiger partial charge on any atom is 0.0726 e. The molecule has 4 heteroatoms.